The van der Waals surface area contributed by atoms with Gasteiger partial charge in [-0.25, -0.2) is 4.39 Å². The normalized spacial score (nSPS) is 12.8. The van der Waals surface area contributed by atoms with Gasteiger partial charge in [-0.05, 0) is 42.3 Å². The first-order valence-corrected chi connectivity index (χ1v) is 6.94. The molecule has 1 nitrogen and oxygen atoms in total. The predicted octanol–water partition coefficient (Wildman–Crippen LogP) is 4.66. The molecule has 1 unspecified atom stereocenters. The van der Waals surface area contributed by atoms with Gasteiger partial charge in [0.1, 0.15) is 5.82 Å². The summed E-state index contributed by atoms with van der Waals surface area (Å²) in [4.78, 5) is 0.929. The first-order valence-electron chi connectivity index (χ1n) is 4.95. The van der Waals surface area contributed by atoms with Gasteiger partial charge in [0.2, 0.25) is 0 Å². The first-order chi connectivity index (χ1) is 7.99. The highest BCUT2D eigenvalue weighted by atomic mass is 79.9. The molecule has 0 radical (unpaired) electrons. The molecule has 0 aliphatic heterocycles. The van der Waals surface area contributed by atoms with Gasteiger partial charge in [0.25, 0.3) is 0 Å². The minimum absolute atomic E-state index is 0.293. The van der Waals surface area contributed by atoms with E-state index in [9.17, 15) is 4.39 Å². The second kappa shape index (κ2) is 5.06. The molecule has 1 heterocycles. The predicted molar refractivity (Wildman–Crippen MR) is 74.2 cm³/mol. The second-order valence-corrected chi connectivity index (χ2v) is 6.29. The van der Waals surface area contributed by atoms with Crippen LogP contribution in [0, 0.1) is 12.7 Å². The fourth-order valence-electron chi connectivity index (χ4n) is 1.54. The van der Waals surface area contributed by atoms with Gasteiger partial charge in [-0.2, -0.15) is 0 Å². The Morgan fingerprint density at radius 3 is 2.71 bits per heavy atom. The lowest BCUT2D eigenvalue weighted by Crippen LogP contribution is -2.11. The first kappa shape index (κ1) is 13.0. The highest BCUT2D eigenvalue weighted by Gasteiger charge is 2.16. The van der Waals surface area contributed by atoms with Crippen LogP contribution in [0.5, 0.6) is 0 Å². The Labute approximate surface area is 117 Å². The van der Waals surface area contributed by atoms with Crippen molar-refractivity contribution in [3.63, 3.8) is 0 Å². The van der Waals surface area contributed by atoms with E-state index >= 15 is 0 Å². The Morgan fingerprint density at radius 1 is 1.41 bits per heavy atom. The zero-order valence-corrected chi connectivity index (χ0v) is 12.2. The van der Waals surface area contributed by atoms with Crippen LogP contribution in [0.1, 0.15) is 22.0 Å². The van der Waals surface area contributed by atoms with Crippen molar-refractivity contribution in [2.45, 2.75) is 13.0 Å². The van der Waals surface area contributed by atoms with Gasteiger partial charge in [0, 0.05) is 9.35 Å². The molecule has 1 atom stereocenters. The third-order valence-corrected chi connectivity index (χ3v) is 4.84. The van der Waals surface area contributed by atoms with Crippen molar-refractivity contribution in [3.05, 3.63) is 54.9 Å². The van der Waals surface area contributed by atoms with Crippen LogP contribution in [0.15, 0.2) is 28.7 Å². The standard InChI is InChI=1S/C12H10BrClFNS/c1-6-4-10(17-12(6)14)11(16)8-5-7(15)2-3-9(8)13/h2-5,11H,16H2,1H3. The number of halogens is 3. The summed E-state index contributed by atoms with van der Waals surface area (Å²) in [6, 6.07) is 6.07. The van der Waals surface area contributed by atoms with Crippen molar-refractivity contribution in [1.82, 2.24) is 0 Å². The van der Waals surface area contributed by atoms with Crippen LogP contribution >= 0.6 is 38.9 Å². The number of nitrogens with two attached hydrogens (primary N) is 1. The van der Waals surface area contributed by atoms with Crippen LogP contribution in [0.4, 0.5) is 4.39 Å². The zero-order valence-electron chi connectivity index (χ0n) is 9.01. The second-order valence-electron chi connectivity index (χ2n) is 3.75. The molecule has 0 spiro atoms. The fraction of sp³-hybridized carbons (Fsp3) is 0.167. The average molecular weight is 335 g/mol. The highest BCUT2D eigenvalue weighted by Crippen LogP contribution is 2.35. The van der Waals surface area contributed by atoms with Crippen molar-refractivity contribution in [2.24, 2.45) is 5.73 Å². The topological polar surface area (TPSA) is 26.0 Å². The monoisotopic (exact) mass is 333 g/mol. The minimum atomic E-state index is -0.365. The van der Waals surface area contributed by atoms with Gasteiger partial charge in [0.05, 0.1) is 10.4 Å². The van der Waals surface area contributed by atoms with E-state index in [1.165, 1.54) is 23.5 Å². The SMILES string of the molecule is Cc1cc(C(N)c2cc(F)ccc2Br)sc1Cl. The van der Waals surface area contributed by atoms with E-state index in [2.05, 4.69) is 15.9 Å². The fourth-order valence-corrected chi connectivity index (χ4v) is 3.27. The number of thiophene rings is 1. The maximum atomic E-state index is 13.2. The molecule has 1 aromatic carbocycles. The van der Waals surface area contributed by atoms with Gasteiger partial charge in [-0.1, -0.05) is 27.5 Å². The molecule has 0 saturated heterocycles. The van der Waals surface area contributed by atoms with Gasteiger partial charge in [0.15, 0.2) is 0 Å². The average Bonchev–Trinajstić information content (AvgIpc) is 2.62. The number of hydrogen-bond acceptors (Lipinski definition) is 2. The maximum Gasteiger partial charge on any atom is 0.123 e. The molecule has 2 N–H and O–H groups in total. The molecule has 0 saturated carbocycles. The quantitative estimate of drug-likeness (QED) is 0.849. The van der Waals surface area contributed by atoms with E-state index in [-0.39, 0.29) is 11.9 Å². The largest absolute Gasteiger partial charge is 0.320 e. The van der Waals surface area contributed by atoms with Crippen molar-refractivity contribution in [2.75, 3.05) is 0 Å². The zero-order chi connectivity index (χ0) is 12.6. The molecular formula is C12H10BrClFNS. The maximum absolute atomic E-state index is 13.2. The Balaban J connectivity index is 2.42. The van der Waals surface area contributed by atoms with Crippen LogP contribution in [-0.4, -0.2) is 0 Å². The number of aryl methyl sites for hydroxylation is 1. The van der Waals surface area contributed by atoms with Gasteiger partial charge in [-0.3, -0.25) is 0 Å². The number of hydrogen-bond donors (Lipinski definition) is 1. The minimum Gasteiger partial charge on any atom is -0.320 e. The molecule has 1 aromatic heterocycles. The van der Waals surface area contributed by atoms with Crippen LogP contribution in [0.3, 0.4) is 0 Å². The van der Waals surface area contributed by atoms with Crippen molar-refractivity contribution >= 4 is 38.9 Å². The van der Waals surface area contributed by atoms with Crippen LogP contribution in [0.2, 0.25) is 4.34 Å². The summed E-state index contributed by atoms with van der Waals surface area (Å²) >= 11 is 10.8. The molecular weight excluding hydrogens is 325 g/mol. The Hall–Kier alpha value is -0.420. The number of benzene rings is 1. The van der Waals surface area contributed by atoms with E-state index in [0.29, 0.717) is 0 Å². The van der Waals surface area contributed by atoms with Crippen molar-refractivity contribution in [1.29, 1.82) is 0 Å². The Bertz CT molecular complexity index is 536. The molecule has 5 heteroatoms. The van der Waals surface area contributed by atoms with E-state index in [1.807, 2.05) is 13.0 Å². The van der Waals surface area contributed by atoms with Crippen molar-refractivity contribution in [3.8, 4) is 0 Å². The van der Waals surface area contributed by atoms with Gasteiger partial charge >= 0.3 is 0 Å². The lowest BCUT2D eigenvalue weighted by Gasteiger charge is -2.12. The van der Waals surface area contributed by atoms with Gasteiger partial charge in [-0.15, -0.1) is 11.3 Å². The van der Waals surface area contributed by atoms with Crippen molar-refractivity contribution < 1.29 is 4.39 Å². The summed E-state index contributed by atoms with van der Waals surface area (Å²) in [6.45, 7) is 1.93. The third-order valence-electron chi connectivity index (χ3n) is 2.48. The van der Waals surface area contributed by atoms with Crippen LogP contribution < -0.4 is 5.73 Å². The Kier molecular flexibility index (Phi) is 3.88. The van der Waals surface area contributed by atoms with E-state index in [1.54, 1.807) is 6.07 Å². The smallest absolute Gasteiger partial charge is 0.123 e. The molecule has 0 bridgehead atoms. The summed E-state index contributed by atoms with van der Waals surface area (Å²) in [5, 5.41) is 0. The molecule has 2 aromatic rings. The van der Waals surface area contributed by atoms with Gasteiger partial charge < -0.3 is 5.73 Å². The molecule has 0 aliphatic rings. The van der Waals surface area contributed by atoms with E-state index in [0.717, 1.165) is 24.8 Å². The lowest BCUT2D eigenvalue weighted by molar-refractivity contribution is 0.623. The van der Waals surface area contributed by atoms with E-state index in [4.69, 9.17) is 17.3 Å². The summed E-state index contributed by atoms with van der Waals surface area (Å²) < 4.78 is 14.7. The summed E-state index contributed by atoms with van der Waals surface area (Å²) in [5.41, 5.74) is 7.84. The lowest BCUT2D eigenvalue weighted by atomic mass is 10.1. The molecule has 2 rings (SSSR count). The molecule has 0 aliphatic carbocycles. The summed E-state index contributed by atoms with van der Waals surface area (Å²) in [6.07, 6.45) is 0. The Morgan fingerprint density at radius 2 is 2.12 bits per heavy atom. The molecule has 17 heavy (non-hydrogen) atoms. The van der Waals surface area contributed by atoms with Crippen LogP contribution in [-0.2, 0) is 0 Å². The third kappa shape index (κ3) is 2.71. The molecule has 0 amide bonds. The van der Waals surface area contributed by atoms with E-state index < -0.39 is 0 Å². The summed E-state index contributed by atoms with van der Waals surface area (Å²) in [7, 11) is 0. The summed E-state index contributed by atoms with van der Waals surface area (Å²) in [5.74, 6) is -0.293. The van der Waals surface area contributed by atoms with Crippen LogP contribution in [0.25, 0.3) is 0 Å². The molecule has 90 valence electrons. The molecule has 0 fully saturated rings. The highest BCUT2D eigenvalue weighted by molar-refractivity contribution is 9.10. The number of rotatable bonds is 2.